The smallest absolute Gasteiger partial charge is 0.257 e. The van der Waals surface area contributed by atoms with Gasteiger partial charge in [0.2, 0.25) is 5.03 Å². The molecule has 0 saturated carbocycles. The zero-order valence-corrected chi connectivity index (χ0v) is 12.6. The molecule has 2 aromatic heterocycles. The van der Waals surface area contributed by atoms with E-state index in [0.29, 0.717) is 16.3 Å². The summed E-state index contributed by atoms with van der Waals surface area (Å²) in [6, 6.07) is 12.6. The molecule has 1 unspecified atom stereocenters. The number of carbonyl (C=O) groups is 1. The van der Waals surface area contributed by atoms with Crippen molar-refractivity contribution in [3.8, 4) is 0 Å². The quantitative estimate of drug-likeness (QED) is 0.754. The number of pyridine rings is 2. The second kappa shape index (κ2) is 6.13. The average Bonchev–Trinajstić information content (AvgIpc) is 2.54. The molecule has 0 aliphatic heterocycles. The largest absolute Gasteiger partial charge is 0.610 e. The monoisotopic (exact) mass is 311 g/mol. The van der Waals surface area contributed by atoms with Crippen molar-refractivity contribution >= 4 is 33.7 Å². The Kier molecular flexibility index (Phi) is 4.04. The molecule has 1 amide bonds. The molecule has 0 saturated heterocycles. The van der Waals surface area contributed by atoms with Crippen molar-refractivity contribution in [2.75, 3.05) is 11.6 Å². The van der Waals surface area contributed by atoms with Crippen LogP contribution in [-0.2, 0) is 11.2 Å². The predicted molar refractivity (Wildman–Crippen MR) is 86.3 cm³/mol. The van der Waals surface area contributed by atoms with Crippen molar-refractivity contribution in [1.82, 2.24) is 9.97 Å². The van der Waals surface area contributed by atoms with Gasteiger partial charge < -0.3 is 9.87 Å². The summed E-state index contributed by atoms with van der Waals surface area (Å²) in [5.41, 5.74) is 1.86. The number of nitrogens with one attached hydrogen (secondary N) is 1. The third-order valence-corrected chi connectivity index (χ3v) is 3.95. The van der Waals surface area contributed by atoms with Crippen LogP contribution >= 0.6 is 0 Å². The average molecular weight is 311 g/mol. The Balaban J connectivity index is 1.85. The van der Waals surface area contributed by atoms with Gasteiger partial charge >= 0.3 is 0 Å². The molecule has 0 aliphatic carbocycles. The molecule has 1 aromatic carbocycles. The van der Waals surface area contributed by atoms with Crippen molar-refractivity contribution in [3.05, 3.63) is 60.4 Å². The van der Waals surface area contributed by atoms with Crippen LogP contribution in [0, 0.1) is 0 Å². The molecule has 0 radical (unpaired) electrons. The molecule has 6 heteroatoms. The van der Waals surface area contributed by atoms with Gasteiger partial charge in [-0.15, -0.1) is 0 Å². The first-order valence-electron chi connectivity index (χ1n) is 6.59. The van der Waals surface area contributed by atoms with Crippen molar-refractivity contribution < 1.29 is 9.35 Å². The molecule has 110 valence electrons. The van der Waals surface area contributed by atoms with Crippen LogP contribution in [-0.4, -0.2) is 26.7 Å². The minimum Gasteiger partial charge on any atom is -0.610 e. The Hall–Kier alpha value is -2.44. The molecule has 0 aliphatic rings. The summed E-state index contributed by atoms with van der Waals surface area (Å²) in [5.74, 6) is -0.266. The lowest BCUT2D eigenvalue weighted by atomic mass is 10.1. The molecule has 2 heterocycles. The van der Waals surface area contributed by atoms with E-state index in [9.17, 15) is 9.35 Å². The highest BCUT2D eigenvalue weighted by atomic mass is 32.2. The van der Waals surface area contributed by atoms with Crippen molar-refractivity contribution in [2.24, 2.45) is 0 Å². The van der Waals surface area contributed by atoms with Crippen molar-refractivity contribution in [3.63, 3.8) is 0 Å². The first kappa shape index (κ1) is 14.5. The van der Waals surface area contributed by atoms with Gasteiger partial charge in [-0.05, 0) is 18.2 Å². The third-order valence-electron chi connectivity index (χ3n) is 3.14. The number of anilines is 1. The summed E-state index contributed by atoms with van der Waals surface area (Å²) in [5, 5.41) is 4.09. The van der Waals surface area contributed by atoms with Crippen LogP contribution in [0.1, 0.15) is 10.4 Å². The Labute approximate surface area is 130 Å². The van der Waals surface area contributed by atoms with Gasteiger partial charge in [-0.3, -0.25) is 9.78 Å². The fraction of sp³-hybridized carbons (Fsp3) is 0.0625. The number of hydrogen-bond donors (Lipinski definition) is 1. The fourth-order valence-corrected chi connectivity index (χ4v) is 2.55. The van der Waals surface area contributed by atoms with Gasteiger partial charge in [0.25, 0.3) is 5.91 Å². The molecule has 0 bridgehead atoms. The second-order valence-electron chi connectivity index (χ2n) is 4.71. The Bertz CT molecular complexity index is 836. The molecular formula is C16H13N3O2S. The number of hydrogen-bond acceptors (Lipinski definition) is 4. The first-order chi connectivity index (χ1) is 10.6. The van der Waals surface area contributed by atoms with Crippen molar-refractivity contribution in [1.29, 1.82) is 0 Å². The molecule has 22 heavy (non-hydrogen) atoms. The lowest BCUT2D eigenvalue weighted by molar-refractivity contribution is 0.102. The Morgan fingerprint density at radius 1 is 1.18 bits per heavy atom. The molecule has 1 atom stereocenters. The molecule has 0 fully saturated rings. The van der Waals surface area contributed by atoms with E-state index in [0.717, 1.165) is 10.9 Å². The SMILES string of the molecule is C[S+]([O-])c1cc(NC(=O)c2cnc3ccccc3c2)ccn1. The zero-order valence-electron chi connectivity index (χ0n) is 11.8. The topological polar surface area (TPSA) is 77.9 Å². The Morgan fingerprint density at radius 2 is 2.00 bits per heavy atom. The van der Waals surface area contributed by atoms with E-state index in [1.807, 2.05) is 24.3 Å². The molecule has 3 aromatic rings. The van der Waals surface area contributed by atoms with Crippen LogP contribution in [0.5, 0.6) is 0 Å². The molecular weight excluding hydrogens is 298 g/mol. The fourth-order valence-electron chi connectivity index (χ4n) is 2.04. The Morgan fingerprint density at radius 3 is 2.82 bits per heavy atom. The summed E-state index contributed by atoms with van der Waals surface area (Å²) in [7, 11) is 0. The summed E-state index contributed by atoms with van der Waals surface area (Å²) in [6.45, 7) is 0. The van der Waals surface area contributed by atoms with E-state index in [2.05, 4.69) is 15.3 Å². The normalized spacial score (nSPS) is 12.1. The van der Waals surface area contributed by atoms with Crippen LogP contribution in [0.25, 0.3) is 10.9 Å². The maximum Gasteiger partial charge on any atom is 0.257 e. The van der Waals surface area contributed by atoms with Crippen LogP contribution in [0.3, 0.4) is 0 Å². The van der Waals surface area contributed by atoms with Gasteiger partial charge in [-0.2, -0.15) is 0 Å². The number of fused-ring (bicyclic) bond motifs is 1. The predicted octanol–water partition coefficient (Wildman–Crippen LogP) is 2.62. The van der Waals surface area contributed by atoms with E-state index in [-0.39, 0.29) is 5.91 Å². The molecule has 5 nitrogen and oxygen atoms in total. The van der Waals surface area contributed by atoms with Crippen LogP contribution in [0.15, 0.2) is 59.9 Å². The third kappa shape index (κ3) is 3.08. The molecule has 0 spiro atoms. The summed E-state index contributed by atoms with van der Waals surface area (Å²) in [4.78, 5) is 20.6. The molecule has 3 rings (SSSR count). The number of benzene rings is 1. The highest BCUT2D eigenvalue weighted by Crippen LogP contribution is 2.16. The van der Waals surface area contributed by atoms with Gasteiger partial charge in [0.15, 0.2) is 0 Å². The van der Waals surface area contributed by atoms with E-state index in [1.54, 1.807) is 24.5 Å². The van der Waals surface area contributed by atoms with E-state index < -0.39 is 11.2 Å². The minimum absolute atomic E-state index is 0.266. The molecule has 1 N–H and O–H groups in total. The second-order valence-corrected chi connectivity index (χ2v) is 6.03. The number of rotatable bonds is 3. The van der Waals surface area contributed by atoms with Gasteiger partial charge in [0, 0.05) is 40.7 Å². The summed E-state index contributed by atoms with van der Waals surface area (Å²) in [6.07, 6.45) is 4.60. The van der Waals surface area contributed by atoms with Crippen LogP contribution in [0.2, 0.25) is 0 Å². The number of nitrogens with zero attached hydrogens (tertiary/aromatic N) is 2. The minimum atomic E-state index is -1.19. The maximum atomic E-state index is 12.3. The summed E-state index contributed by atoms with van der Waals surface area (Å²) >= 11 is -1.19. The van der Waals surface area contributed by atoms with Gasteiger partial charge in [-0.25, -0.2) is 4.98 Å². The number of amides is 1. The lowest BCUT2D eigenvalue weighted by Crippen LogP contribution is -2.13. The standard InChI is InChI=1S/C16H13N3O2S/c1-22(21)15-9-13(6-7-17-15)19-16(20)12-8-11-4-2-3-5-14(11)18-10-12/h2-10H,1H3,(H,17,19,20). The first-order valence-corrected chi connectivity index (χ1v) is 8.15. The van der Waals surface area contributed by atoms with E-state index >= 15 is 0 Å². The highest BCUT2D eigenvalue weighted by Gasteiger charge is 2.11. The lowest BCUT2D eigenvalue weighted by Gasteiger charge is -2.08. The highest BCUT2D eigenvalue weighted by molar-refractivity contribution is 7.90. The number of carbonyl (C=O) groups excluding carboxylic acids is 1. The van der Waals surface area contributed by atoms with E-state index in [1.165, 1.54) is 12.4 Å². The van der Waals surface area contributed by atoms with Gasteiger partial charge in [0.1, 0.15) is 6.26 Å². The van der Waals surface area contributed by atoms with Gasteiger partial charge in [0.05, 0.1) is 11.1 Å². The van der Waals surface area contributed by atoms with Gasteiger partial charge in [-0.1, -0.05) is 18.2 Å². The summed E-state index contributed by atoms with van der Waals surface area (Å²) < 4.78 is 11.4. The zero-order chi connectivity index (χ0) is 15.5. The van der Waals surface area contributed by atoms with Crippen molar-refractivity contribution in [2.45, 2.75) is 5.03 Å². The van der Waals surface area contributed by atoms with E-state index in [4.69, 9.17) is 0 Å². The van der Waals surface area contributed by atoms with Crippen LogP contribution in [0.4, 0.5) is 5.69 Å². The number of aromatic nitrogens is 2. The van der Waals surface area contributed by atoms with Crippen LogP contribution < -0.4 is 5.32 Å². The maximum absolute atomic E-state index is 12.3. The number of para-hydroxylation sites is 1.